The Balaban J connectivity index is 2.15. The molecule has 8 heteroatoms. The number of carbonyl (C=O) groups is 2. The summed E-state index contributed by atoms with van der Waals surface area (Å²) in [6.07, 6.45) is 3.05. The highest BCUT2D eigenvalue weighted by molar-refractivity contribution is 6.00. The number of aliphatic imine (C=N–C) groups is 1. The van der Waals surface area contributed by atoms with Crippen molar-refractivity contribution in [1.29, 1.82) is 0 Å². The molecule has 1 aromatic rings. The third-order valence-corrected chi connectivity index (χ3v) is 2.97. The Morgan fingerprint density at radius 1 is 1.55 bits per heavy atom. The summed E-state index contributed by atoms with van der Waals surface area (Å²) >= 11 is 0. The molecule has 1 aromatic heterocycles. The van der Waals surface area contributed by atoms with Crippen LogP contribution in [0.5, 0.6) is 0 Å². The van der Waals surface area contributed by atoms with E-state index in [9.17, 15) is 9.59 Å². The van der Waals surface area contributed by atoms with Crippen molar-refractivity contribution in [3.8, 4) is 0 Å². The average molecular weight is 277 g/mol. The summed E-state index contributed by atoms with van der Waals surface area (Å²) in [7, 11) is 0. The second kappa shape index (κ2) is 5.66. The van der Waals surface area contributed by atoms with Gasteiger partial charge in [-0.15, -0.1) is 0 Å². The van der Waals surface area contributed by atoms with Crippen molar-refractivity contribution >= 4 is 17.6 Å². The first-order valence-corrected chi connectivity index (χ1v) is 6.02. The number of amides is 3. The Kier molecular flexibility index (Phi) is 3.94. The highest BCUT2D eigenvalue weighted by Gasteiger charge is 2.23. The average Bonchev–Trinajstić information content (AvgIpc) is 2.88. The Morgan fingerprint density at radius 2 is 2.30 bits per heavy atom. The first-order valence-electron chi connectivity index (χ1n) is 6.02. The molecule has 2 heterocycles. The number of hydroxylamine groups is 1. The fourth-order valence-corrected chi connectivity index (χ4v) is 1.85. The van der Waals surface area contributed by atoms with E-state index in [0.717, 1.165) is 0 Å². The van der Waals surface area contributed by atoms with Crippen molar-refractivity contribution in [2.24, 2.45) is 4.99 Å². The minimum atomic E-state index is -0.676. The molecule has 0 radical (unpaired) electrons. The number of fused-ring (bicyclic) bond motifs is 1. The number of imidazole rings is 1. The van der Waals surface area contributed by atoms with Gasteiger partial charge in [0.1, 0.15) is 11.5 Å². The quantitative estimate of drug-likeness (QED) is 0.469. The van der Waals surface area contributed by atoms with E-state index < -0.39 is 5.91 Å². The van der Waals surface area contributed by atoms with E-state index in [2.05, 4.69) is 16.6 Å². The first-order chi connectivity index (χ1) is 9.55. The highest BCUT2D eigenvalue weighted by atomic mass is 16.5. The van der Waals surface area contributed by atoms with Crippen LogP contribution in [0, 0.1) is 0 Å². The largest absolute Gasteiger partial charge is 0.344 e. The minimum absolute atomic E-state index is 0.113. The molecule has 0 saturated carbocycles. The van der Waals surface area contributed by atoms with Crippen LogP contribution in [0.15, 0.2) is 23.8 Å². The second-order valence-corrected chi connectivity index (χ2v) is 4.34. The van der Waals surface area contributed by atoms with Gasteiger partial charge in [-0.2, -0.15) is 4.99 Å². The molecule has 20 heavy (non-hydrogen) atoms. The molecule has 3 amide bonds. The number of rotatable bonds is 2. The molecule has 0 atom stereocenters. The van der Waals surface area contributed by atoms with Crippen LogP contribution in [-0.4, -0.2) is 43.9 Å². The topological polar surface area (TPSA) is 99.8 Å². The third-order valence-electron chi connectivity index (χ3n) is 2.97. The molecule has 8 nitrogen and oxygen atoms in total. The fourth-order valence-electron chi connectivity index (χ4n) is 1.85. The summed E-state index contributed by atoms with van der Waals surface area (Å²) in [4.78, 5) is 32.7. The summed E-state index contributed by atoms with van der Waals surface area (Å²) in [5, 5.41) is 8.58. The van der Waals surface area contributed by atoms with Crippen LogP contribution in [0.1, 0.15) is 23.2 Å². The predicted octanol–water partition coefficient (Wildman–Crippen LogP) is 0.585. The molecule has 2 rings (SSSR count). The van der Waals surface area contributed by atoms with Gasteiger partial charge in [-0.3, -0.25) is 10.0 Å². The molecule has 2 N–H and O–H groups in total. The van der Waals surface area contributed by atoms with Gasteiger partial charge in [0.05, 0.1) is 6.54 Å². The maximum Gasteiger partial charge on any atom is 0.344 e. The Hall–Kier alpha value is -2.48. The number of urea groups is 1. The van der Waals surface area contributed by atoms with Crippen LogP contribution in [0.3, 0.4) is 0 Å². The number of hydrogen-bond acceptors (Lipinski definition) is 4. The van der Waals surface area contributed by atoms with E-state index in [1.807, 2.05) is 0 Å². The molecule has 1 aliphatic heterocycles. The number of hydrogen-bond donors (Lipinski definition) is 2. The highest BCUT2D eigenvalue weighted by Crippen LogP contribution is 2.14. The first kappa shape index (κ1) is 13.9. The molecule has 106 valence electrons. The molecular formula is C12H15N5O3. The number of aromatic nitrogens is 2. The van der Waals surface area contributed by atoms with E-state index >= 15 is 0 Å². The SMILES string of the molecule is C=CC(C)=NC(=O)N1CCn2cc(C(=O)NO)nc2C1. The fraction of sp³-hybridized carbons (Fsp3) is 0.333. The van der Waals surface area contributed by atoms with Gasteiger partial charge >= 0.3 is 6.03 Å². The minimum Gasteiger partial charge on any atom is -0.331 e. The molecule has 0 unspecified atom stereocenters. The van der Waals surface area contributed by atoms with Gasteiger partial charge in [0.15, 0.2) is 0 Å². The molecule has 0 spiro atoms. The lowest BCUT2D eigenvalue weighted by Crippen LogP contribution is -2.36. The summed E-state index contributed by atoms with van der Waals surface area (Å²) in [5.74, 6) is -0.0973. The molecular weight excluding hydrogens is 262 g/mol. The van der Waals surface area contributed by atoms with E-state index in [0.29, 0.717) is 24.6 Å². The number of carbonyl (C=O) groups excluding carboxylic acids is 2. The van der Waals surface area contributed by atoms with Crippen molar-refractivity contribution < 1.29 is 14.8 Å². The van der Waals surface area contributed by atoms with Gasteiger partial charge in [0.25, 0.3) is 5.91 Å². The van der Waals surface area contributed by atoms with Crippen LogP contribution >= 0.6 is 0 Å². The number of nitrogens with one attached hydrogen (secondary N) is 1. The Morgan fingerprint density at radius 3 is 2.95 bits per heavy atom. The van der Waals surface area contributed by atoms with Crippen molar-refractivity contribution in [3.05, 3.63) is 30.4 Å². The van der Waals surface area contributed by atoms with Gasteiger partial charge < -0.3 is 9.47 Å². The molecule has 0 fully saturated rings. The standard InChI is InChI=1S/C12H15N5O3/c1-3-8(2)13-12(19)17-5-4-16-6-9(11(18)15-20)14-10(16)7-17/h3,6,20H,1,4-5,7H2,2H3,(H,15,18). The summed E-state index contributed by atoms with van der Waals surface area (Å²) in [6.45, 7) is 6.51. The van der Waals surface area contributed by atoms with E-state index in [4.69, 9.17) is 5.21 Å². The zero-order valence-electron chi connectivity index (χ0n) is 11.0. The van der Waals surface area contributed by atoms with Gasteiger partial charge in [-0.05, 0) is 13.0 Å². The van der Waals surface area contributed by atoms with Gasteiger partial charge in [-0.1, -0.05) is 6.58 Å². The van der Waals surface area contributed by atoms with Gasteiger partial charge in [0, 0.05) is 25.0 Å². The van der Waals surface area contributed by atoms with Crippen LogP contribution in [0.25, 0.3) is 0 Å². The van der Waals surface area contributed by atoms with E-state index in [1.165, 1.54) is 16.5 Å². The summed E-state index contributed by atoms with van der Waals surface area (Å²) < 4.78 is 1.78. The van der Waals surface area contributed by atoms with Gasteiger partial charge in [0.2, 0.25) is 0 Å². The number of allylic oxidation sites excluding steroid dienone is 1. The molecule has 0 aromatic carbocycles. The van der Waals surface area contributed by atoms with Crippen molar-refractivity contribution in [3.63, 3.8) is 0 Å². The Bertz CT molecular complexity index is 590. The molecule has 1 aliphatic rings. The Labute approximate surface area is 115 Å². The van der Waals surface area contributed by atoms with Crippen molar-refractivity contribution in [1.82, 2.24) is 19.9 Å². The monoisotopic (exact) mass is 277 g/mol. The molecule has 0 bridgehead atoms. The van der Waals surface area contributed by atoms with Crippen LogP contribution in [0.4, 0.5) is 4.79 Å². The van der Waals surface area contributed by atoms with E-state index in [1.54, 1.807) is 17.7 Å². The predicted molar refractivity (Wildman–Crippen MR) is 70.6 cm³/mol. The zero-order chi connectivity index (χ0) is 14.7. The normalized spacial score (nSPS) is 14.7. The third kappa shape index (κ3) is 2.75. The van der Waals surface area contributed by atoms with E-state index in [-0.39, 0.29) is 18.3 Å². The zero-order valence-corrected chi connectivity index (χ0v) is 11.0. The number of nitrogens with zero attached hydrogens (tertiary/aromatic N) is 4. The van der Waals surface area contributed by atoms with Crippen LogP contribution < -0.4 is 5.48 Å². The maximum absolute atomic E-state index is 11.9. The van der Waals surface area contributed by atoms with Gasteiger partial charge in [-0.25, -0.2) is 15.3 Å². The lowest BCUT2D eigenvalue weighted by atomic mass is 10.3. The van der Waals surface area contributed by atoms with Crippen molar-refractivity contribution in [2.45, 2.75) is 20.0 Å². The van der Waals surface area contributed by atoms with Crippen LogP contribution in [-0.2, 0) is 13.1 Å². The lowest BCUT2D eigenvalue weighted by Gasteiger charge is -2.25. The maximum atomic E-state index is 11.9. The molecule has 0 saturated heterocycles. The van der Waals surface area contributed by atoms with Crippen molar-refractivity contribution in [2.75, 3.05) is 6.54 Å². The molecule has 0 aliphatic carbocycles. The smallest absolute Gasteiger partial charge is 0.331 e. The van der Waals surface area contributed by atoms with Crippen LogP contribution in [0.2, 0.25) is 0 Å². The lowest BCUT2D eigenvalue weighted by molar-refractivity contribution is 0.0701. The summed E-state index contributed by atoms with van der Waals surface area (Å²) in [5.41, 5.74) is 2.19. The summed E-state index contributed by atoms with van der Waals surface area (Å²) in [6, 6.07) is -0.357. The second-order valence-electron chi connectivity index (χ2n) is 4.34.